The van der Waals surface area contributed by atoms with Gasteiger partial charge in [-0.2, -0.15) is 0 Å². The summed E-state index contributed by atoms with van der Waals surface area (Å²) >= 11 is 11.8. The fourth-order valence-corrected chi connectivity index (χ4v) is 2.35. The van der Waals surface area contributed by atoms with Crippen molar-refractivity contribution in [2.24, 2.45) is 11.7 Å². The number of hydrogen-bond acceptors (Lipinski definition) is 4. The van der Waals surface area contributed by atoms with Crippen molar-refractivity contribution in [3.63, 3.8) is 0 Å². The normalized spacial score (nSPS) is 22.5. The maximum absolute atomic E-state index is 6.00. The minimum absolute atomic E-state index is 0.203. The molecule has 0 bridgehead atoms. The predicted molar refractivity (Wildman–Crippen MR) is 66.0 cm³/mol. The lowest BCUT2D eigenvalue weighted by Crippen LogP contribution is -2.29. The Morgan fingerprint density at radius 3 is 2.88 bits per heavy atom. The van der Waals surface area contributed by atoms with Crippen LogP contribution in [-0.4, -0.2) is 29.3 Å². The molecule has 88 valence electrons. The van der Waals surface area contributed by atoms with E-state index in [2.05, 4.69) is 15.1 Å². The van der Waals surface area contributed by atoms with E-state index in [4.69, 9.17) is 28.9 Å². The second kappa shape index (κ2) is 4.73. The monoisotopic (exact) mass is 260 g/mol. The molecule has 2 rings (SSSR count). The number of anilines is 1. The molecule has 0 radical (unpaired) electrons. The first-order valence-electron chi connectivity index (χ1n) is 5.27. The second-order valence-electron chi connectivity index (χ2n) is 4.20. The topological polar surface area (TPSA) is 55.0 Å². The first-order chi connectivity index (χ1) is 7.58. The van der Waals surface area contributed by atoms with Crippen LogP contribution in [0.3, 0.4) is 0 Å². The number of nitrogens with zero attached hydrogens (tertiary/aromatic N) is 3. The van der Waals surface area contributed by atoms with E-state index < -0.39 is 0 Å². The Kier molecular flexibility index (Phi) is 3.52. The molecule has 0 aromatic carbocycles. The largest absolute Gasteiger partial charge is 0.369 e. The maximum Gasteiger partial charge on any atom is 0.175 e. The highest BCUT2D eigenvalue weighted by Crippen LogP contribution is 2.30. The van der Waals surface area contributed by atoms with E-state index >= 15 is 0 Å². The molecular weight excluding hydrogens is 247 g/mol. The van der Waals surface area contributed by atoms with Crippen molar-refractivity contribution in [1.29, 1.82) is 0 Å². The zero-order chi connectivity index (χ0) is 11.7. The van der Waals surface area contributed by atoms with Crippen LogP contribution in [0.2, 0.25) is 10.3 Å². The minimum atomic E-state index is 0.203. The third-order valence-corrected chi connectivity index (χ3v) is 3.46. The van der Waals surface area contributed by atoms with E-state index in [1.54, 1.807) is 6.07 Å². The summed E-state index contributed by atoms with van der Waals surface area (Å²) in [6, 6.07) is 1.95. The molecule has 0 amide bonds. The van der Waals surface area contributed by atoms with Crippen molar-refractivity contribution in [2.75, 3.05) is 18.0 Å². The summed E-state index contributed by atoms with van der Waals surface area (Å²) in [4.78, 5) is 2.16. The van der Waals surface area contributed by atoms with E-state index in [0.29, 0.717) is 16.2 Å². The number of nitrogens with two attached hydrogens (primary N) is 1. The molecule has 2 unspecified atom stereocenters. The van der Waals surface area contributed by atoms with E-state index in [9.17, 15) is 0 Å². The van der Waals surface area contributed by atoms with E-state index in [0.717, 1.165) is 25.2 Å². The zero-order valence-electron chi connectivity index (χ0n) is 9.03. The van der Waals surface area contributed by atoms with Gasteiger partial charge in [-0.1, -0.05) is 23.2 Å². The van der Waals surface area contributed by atoms with Crippen molar-refractivity contribution in [3.8, 4) is 0 Å². The Labute approximate surface area is 105 Å². The molecule has 2 atom stereocenters. The van der Waals surface area contributed by atoms with Gasteiger partial charge in [0.25, 0.3) is 0 Å². The summed E-state index contributed by atoms with van der Waals surface area (Å²) in [5.41, 5.74) is 6.74. The lowest BCUT2D eigenvalue weighted by Gasteiger charge is -2.20. The highest BCUT2D eigenvalue weighted by Gasteiger charge is 2.27. The Balaban J connectivity index is 2.17. The fourth-order valence-electron chi connectivity index (χ4n) is 2.00. The van der Waals surface area contributed by atoms with Crippen molar-refractivity contribution < 1.29 is 0 Å². The third kappa shape index (κ3) is 2.39. The Bertz CT molecular complexity index is 383. The van der Waals surface area contributed by atoms with E-state index in [1.807, 2.05) is 6.92 Å². The summed E-state index contributed by atoms with van der Waals surface area (Å²) in [5, 5.41) is 8.26. The van der Waals surface area contributed by atoms with E-state index in [1.165, 1.54) is 0 Å². The van der Waals surface area contributed by atoms with Crippen molar-refractivity contribution >= 4 is 28.9 Å². The molecule has 1 aliphatic heterocycles. The molecule has 2 N–H and O–H groups in total. The Morgan fingerprint density at radius 2 is 2.25 bits per heavy atom. The summed E-state index contributed by atoms with van der Waals surface area (Å²) < 4.78 is 0. The minimum Gasteiger partial charge on any atom is -0.369 e. The van der Waals surface area contributed by atoms with Gasteiger partial charge in [0.2, 0.25) is 0 Å². The quantitative estimate of drug-likeness (QED) is 0.884. The molecular formula is C10H14Cl2N4. The van der Waals surface area contributed by atoms with Crippen LogP contribution >= 0.6 is 23.2 Å². The van der Waals surface area contributed by atoms with Gasteiger partial charge in [0.05, 0.1) is 5.69 Å². The molecule has 0 saturated carbocycles. The molecule has 2 heterocycles. The highest BCUT2D eigenvalue weighted by atomic mass is 35.5. The van der Waals surface area contributed by atoms with Gasteiger partial charge in [-0.3, -0.25) is 0 Å². The van der Waals surface area contributed by atoms with Gasteiger partial charge in [0, 0.05) is 25.2 Å². The zero-order valence-corrected chi connectivity index (χ0v) is 10.5. The van der Waals surface area contributed by atoms with Gasteiger partial charge in [-0.25, -0.2) is 0 Å². The summed E-state index contributed by atoms with van der Waals surface area (Å²) in [6.07, 6.45) is 1.08. The second-order valence-corrected chi connectivity index (χ2v) is 4.94. The molecule has 1 saturated heterocycles. The number of rotatable bonds is 2. The molecule has 4 nitrogen and oxygen atoms in total. The first-order valence-corrected chi connectivity index (χ1v) is 6.03. The van der Waals surface area contributed by atoms with Gasteiger partial charge >= 0.3 is 0 Å². The average Bonchev–Trinajstić information content (AvgIpc) is 2.70. The van der Waals surface area contributed by atoms with Gasteiger partial charge in [-0.15, -0.1) is 10.2 Å². The van der Waals surface area contributed by atoms with Gasteiger partial charge in [0.15, 0.2) is 10.3 Å². The van der Waals surface area contributed by atoms with Gasteiger partial charge in [-0.05, 0) is 19.3 Å². The smallest absolute Gasteiger partial charge is 0.175 e. The molecule has 0 aliphatic carbocycles. The van der Waals surface area contributed by atoms with E-state index in [-0.39, 0.29) is 6.04 Å². The first kappa shape index (κ1) is 11.9. The number of aromatic nitrogens is 2. The van der Waals surface area contributed by atoms with Crippen LogP contribution in [0.15, 0.2) is 6.07 Å². The fraction of sp³-hybridized carbons (Fsp3) is 0.600. The SMILES string of the molecule is CC(N)C1CCN(c2cc(Cl)nnc2Cl)C1. The van der Waals surface area contributed by atoms with Crippen LogP contribution in [0.1, 0.15) is 13.3 Å². The average molecular weight is 261 g/mol. The van der Waals surface area contributed by atoms with Crippen LogP contribution in [0.5, 0.6) is 0 Å². The van der Waals surface area contributed by atoms with Gasteiger partial charge in [0.1, 0.15) is 0 Å². The summed E-state index contributed by atoms with van der Waals surface area (Å²) in [6.45, 7) is 3.88. The highest BCUT2D eigenvalue weighted by molar-refractivity contribution is 6.33. The summed E-state index contributed by atoms with van der Waals surface area (Å²) in [5.74, 6) is 0.503. The number of hydrogen-bond donors (Lipinski definition) is 1. The number of halogens is 2. The van der Waals surface area contributed by atoms with Crippen molar-refractivity contribution in [3.05, 3.63) is 16.4 Å². The molecule has 1 aromatic heterocycles. The Morgan fingerprint density at radius 1 is 1.50 bits per heavy atom. The van der Waals surface area contributed by atoms with Crippen LogP contribution < -0.4 is 10.6 Å². The lowest BCUT2D eigenvalue weighted by atomic mass is 10.0. The van der Waals surface area contributed by atoms with Crippen LogP contribution in [0, 0.1) is 5.92 Å². The molecule has 16 heavy (non-hydrogen) atoms. The van der Waals surface area contributed by atoms with Gasteiger partial charge < -0.3 is 10.6 Å². The molecule has 0 spiro atoms. The van der Waals surface area contributed by atoms with Crippen molar-refractivity contribution in [1.82, 2.24) is 10.2 Å². The molecule has 6 heteroatoms. The molecule has 1 fully saturated rings. The van der Waals surface area contributed by atoms with Crippen LogP contribution in [0.4, 0.5) is 5.69 Å². The summed E-state index contributed by atoms with van der Waals surface area (Å²) in [7, 11) is 0. The molecule has 1 aliphatic rings. The maximum atomic E-state index is 6.00. The van der Waals surface area contributed by atoms with Crippen LogP contribution in [-0.2, 0) is 0 Å². The lowest BCUT2D eigenvalue weighted by molar-refractivity contribution is 0.488. The Hall–Kier alpha value is -0.580. The predicted octanol–water partition coefficient (Wildman–Crippen LogP) is 1.96. The van der Waals surface area contributed by atoms with Crippen molar-refractivity contribution in [2.45, 2.75) is 19.4 Å². The third-order valence-electron chi connectivity index (χ3n) is 3.01. The molecule has 1 aromatic rings. The standard InChI is InChI=1S/C10H14Cl2N4/c1-6(13)7-2-3-16(5-7)8-4-9(11)14-15-10(8)12/h4,6-7H,2-3,5,13H2,1H3. The van der Waals surface area contributed by atoms with Crippen LogP contribution in [0.25, 0.3) is 0 Å².